The van der Waals surface area contributed by atoms with Crippen LogP contribution in [0.1, 0.15) is 51.4 Å². The number of amides is 2. The van der Waals surface area contributed by atoms with Gasteiger partial charge in [-0.15, -0.1) is 0 Å². The van der Waals surface area contributed by atoms with Gasteiger partial charge in [0.15, 0.2) is 0 Å². The molecule has 1 aromatic carbocycles. The summed E-state index contributed by atoms with van der Waals surface area (Å²) >= 11 is 0. The largest absolute Gasteiger partial charge is 0.342 e. The van der Waals surface area contributed by atoms with Crippen LogP contribution in [0.2, 0.25) is 0 Å². The molecule has 0 N–H and O–H groups in total. The molecule has 2 amide bonds. The first-order valence-electron chi connectivity index (χ1n) is 12.9. The number of hydrogen-bond donors (Lipinski definition) is 0. The molecule has 3 saturated heterocycles. The van der Waals surface area contributed by atoms with Crippen LogP contribution >= 0.6 is 0 Å². The normalized spacial score (nSPS) is 22.8. The van der Waals surface area contributed by atoms with Crippen LogP contribution in [-0.4, -0.2) is 81.6 Å². The Morgan fingerprint density at radius 1 is 0.879 bits per heavy atom. The van der Waals surface area contributed by atoms with Crippen molar-refractivity contribution in [3.63, 3.8) is 0 Å². The Balaban J connectivity index is 1.14. The molecule has 0 bridgehead atoms. The molecule has 3 fully saturated rings. The quantitative estimate of drug-likeness (QED) is 0.677. The van der Waals surface area contributed by atoms with E-state index in [0.717, 1.165) is 82.2 Å². The van der Waals surface area contributed by atoms with E-state index in [2.05, 4.69) is 27.0 Å². The fourth-order valence-corrected chi connectivity index (χ4v) is 6.06. The average molecular weight is 452 g/mol. The highest BCUT2D eigenvalue weighted by Crippen LogP contribution is 2.31. The van der Waals surface area contributed by atoms with Gasteiger partial charge in [-0.05, 0) is 70.0 Å². The van der Waals surface area contributed by atoms with E-state index < -0.39 is 0 Å². The zero-order valence-electron chi connectivity index (χ0n) is 19.7. The second kappa shape index (κ2) is 10.2. The number of carbonyl (C=O) groups is 2. The van der Waals surface area contributed by atoms with Gasteiger partial charge in [-0.1, -0.05) is 18.2 Å². The molecular formula is C26H37N5O2. The number of piperidine rings is 2. The first kappa shape index (κ1) is 22.4. The smallest absolute Gasteiger partial charge is 0.236 e. The van der Waals surface area contributed by atoms with Crippen LogP contribution in [0.15, 0.2) is 30.5 Å². The summed E-state index contributed by atoms with van der Waals surface area (Å²) in [5.74, 6) is 1.12. The fraction of sp³-hybridized carbons (Fsp3) is 0.654. The van der Waals surface area contributed by atoms with Gasteiger partial charge in [0.25, 0.3) is 0 Å². The van der Waals surface area contributed by atoms with E-state index in [1.54, 1.807) is 0 Å². The van der Waals surface area contributed by atoms with E-state index in [0.29, 0.717) is 37.4 Å². The fourth-order valence-electron chi connectivity index (χ4n) is 6.06. The first-order valence-corrected chi connectivity index (χ1v) is 12.9. The average Bonchev–Trinajstić information content (AvgIpc) is 3.54. The van der Waals surface area contributed by atoms with Gasteiger partial charge in [0.2, 0.25) is 11.8 Å². The number of carbonyl (C=O) groups excluding carboxylic acids is 2. The molecule has 3 aliphatic rings. The molecule has 2 aromatic rings. The molecule has 3 aliphatic heterocycles. The third-order valence-electron chi connectivity index (χ3n) is 7.95. The maximum absolute atomic E-state index is 13.3. The van der Waals surface area contributed by atoms with Crippen LogP contribution < -0.4 is 0 Å². The maximum Gasteiger partial charge on any atom is 0.236 e. The van der Waals surface area contributed by atoms with Crippen molar-refractivity contribution < 1.29 is 9.59 Å². The lowest BCUT2D eigenvalue weighted by Crippen LogP contribution is -2.51. The third-order valence-corrected chi connectivity index (χ3v) is 7.95. The third kappa shape index (κ3) is 5.08. The summed E-state index contributed by atoms with van der Waals surface area (Å²) in [7, 11) is 0. The van der Waals surface area contributed by atoms with Gasteiger partial charge in [-0.2, -0.15) is 5.10 Å². The van der Waals surface area contributed by atoms with E-state index in [1.165, 1.54) is 6.42 Å². The van der Waals surface area contributed by atoms with E-state index in [4.69, 9.17) is 0 Å². The number of rotatable bonds is 6. The highest BCUT2D eigenvalue weighted by molar-refractivity contribution is 5.80. The molecule has 7 nitrogen and oxygen atoms in total. The molecular weight excluding hydrogens is 414 g/mol. The Bertz CT molecular complexity index is 958. The Hall–Kier alpha value is -2.41. The molecule has 0 aliphatic carbocycles. The van der Waals surface area contributed by atoms with Crippen molar-refractivity contribution in [1.82, 2.24) is 24.5 Å². The molecule has 0 saturated carbocycles. The second-order valence-electron chi connectivity index (χ2n) is 10.0. The minimum absolute atomic E-state index is 0.269. The topological polar surface area (TPSA) is 61.7 Å². The molecule has 1 aromatic heterocycles. The molecule has 178 valence electrons. The highest BCUT2D eigenvalue weighted by atomic mass is 16.2. The molecule has 33 heavy (non-hydrogen) atoms. The number of likely N-dealkylation sites (tertiary alicyclic amines) is 3. The van der Waals surface area contributed by atoms with Gasteiger partial charge < -0.3 is 9.80 Å². The van der Waals surface area contributed by atoms with Gasteiger partial charge in [0.1, 0.15) is 0 Å². The Morgan fingerprint density at radius 2 is 1.64 bits per heavy atom. The van der Waals surface area contributed by atoms with Crippen LogP contribution in [0, 0.1) is 5.92 Å². The standard InChI is InChI=1S/C26H37N5O2/c32-25(12-18-31-24-9-2-1-7-22(24)19-27-31)30-15-4-3-8-23(30)21-10-16-28(17-11-21)20-26(33)29-13-5-6-14-29/h1-2,7,9,19,21,23H,3-6,8,10-18,20H2. The summed E-state index contributed by atoms with van der Waals surface area (Å²) in [6.07, 6.45) is 10.3. The van der Waals surface area contributed by atoms with Crippen molar-refractivity contribution in [1.29, 1.82) is 0 Å². The monoisotopic (exact) mass is 451 g/mol. The van der Waals surface area contributed by atoms with Gasteiger partial charge >= 0.3 is 0 Å². The van der Waals surface area contributed by atoms with E-state index in [9.17, 15) is 9.59 Å². The zero-order valence-corrected chi connectivity index (χ0v) is 19.7. The second-order valence-corrected chi connectivity index (χ2v) is 10.0. The SMILES string of the molecule is O=C(CN1CCC(C2CCCCN2C(=O)CCn2ncc3ccccc32)CC1)N1CCCC1. The van der Waals surface area contributed by atoms with Crippen molar-refractivity contribution in [2.45, 2.75) is 64.0 Å². The number of aromatic nitrogens is 2. The van der Waals surface area contributed by atoms with E-state index in [-0.39, 0.29) is 5.91 Å². The van der Waals surface area contributed by atoms with Crippen LogP contribution in [0.25, 0.3) is 10.9 Å². The van der Waals surface area contributed by atoms with Crippen LogP contribution in [0.4, 0.5) is 0 Å². The minimum atomic E-state index is 0.269. The molecule has 1 atom stereocenters. The lowest BCUT2D eigenvalue weighted by Gasteiger charge is -2.44. The first-order chi connectivity index (χ1) is 16.2. The Labute approximate surface area is 196 Å². The summed E-state index contributed by atoms with van der Waals surface area (Å²) in [6, 6.07) is 8.53. The van der Waals surface area contributed by atoms with Gasteiger partial charge in [-0.3, -0.25) is 19.2 Å². The molecule has 5 rings (SSSR count). The van der Waals surface area contributed by atoms with Crippen molar-refractivity contribution in [3.8, 4) is 0 Å². The van der Waals surface area contributed by atoms with Crippen molar-refractivity contribution in [2.75, 3.05) is 39.3 Å². The number of hydrogen-bond acceptors (Lipinski definition) is 4. The molecule has 0 radical (unpaired) electrons. The summed E-state index contributed by atoms with van der Waals surface area (Å²) in [5.41, 5.74) is 1.09. The predicted molar refractivity (Wildman–Crippen MR) is 129 cm³/mol. The number of fused-ring (bicyclic) bond motifs is 1. The Kier molecular flexibility index (Phi) is 6.95. The van der Waals surface area contributed by atoms with Crippen molar-refractivity contribution >= 4 is 22.7 Å². The van der Waals surface area contributed by atoms with E-state index in [1.807, 2.05) is 27.9 Å². The van der Waals surface area contributed by atoms with Crippen LogP contribution in [0.3, 0.4) is 0 Å². The summed E-state index contributed by atoms with van der Waals surface area (Å²) in [4.78, 5) is 32.3. The molecule has 1 unspecified atom stereocenters. The number of para-hydroxylation sites is 1. The van der Waals surface area contributed by atoms with Gasteiger partial charge in [-0.25, -0.2) is 0 Å². The van der Waals surface area contributed by atoms with Crippen molar-refractivity contribution in [2.24, 2.45) is 5.92 Å². The maximum atomic E-state index is 13.3. The van der Waals surface area contributed by atoms with Gasteiger partial charge in [0.05, 0.1) is 24.8 Å². The minimum Gasteiger partial charge on any atom is -0.342 e. The molecule has 4 heterocycles. The highest BCUT2D eigenvalue weighted by Gasteiger charge is 2.35. The number of nitrogens with zero attached hydrogens (tertiary/aromatic N) is 5. The lowest BCUT2D eigenvalue weighted by molar-refractivity contribution is -0.137. The summed E-state index contributed by atoms with van der Waals surface area (Å²) in [6.45, 7) is 5.90. The van der Waals surface area contributed by atoms with Crippen LogP contribution in [0.5, 0.6) is 0 Å². The zero-order chi connectivity index (χ0) is 22.6. The summed E-state index contributed by atoms with van der Waals surface area (Å²) in [5, 5.41) is 5.61. The Morgan fingerprint density at radius 3 is 2.45 bits per heavy atom. The summed E-state index contributed by atoms with van der Waals surface area (Å²) < 4.78 is 1.96. The van der Waals surface area contributed by atoms with Crippen LogP contribution in [-0.2, 0) is 16.1 Å². The predicted octanol–water partition coefficient (Wildman–Crippen LogP) is 3.14. The van der Waals surface area contributed by atoms with Gasteiger partial charge in [0, 0.05) is 37.5 Å². The molecule has 0 spiro atoms. The number of aryl methyl sites for hydroxylation is 1. The molecule has 7 heteroatoms. The van der Waals surface area contributed by atoms with Crippen molar-refractivity contribution in [3.05, 3.63) is 30.5 Å². The lowest BCUT2D eigenvalue weighted by atomic mass is 9.83. The number of benzene rings is 1. The van der Waals surface area contributed by atoms with E-state index >= 15 is 0 Å².